The van der Waals surface area contributed by atoms with E-state index in [1.165, 1.54) is 0 Å². The van der Waals surface area contributed by atoms with Gasteiger partial charge in [-0.3, -0.25) is 14.5 Å². The lowest BCUT2D eigenvalue weighted by Gasteiger charge is -2.38. The average Bonchev–Trinajstić information content (AvgIpc) is 2.99. The van der Waals surface area contributed by atoms with Gasteiger partial charge in [0.15, 0.2) is 0 Å². The summed E-state index contributed by atoms with van der Waals surface area (Å²) in [4.78, 5) is 25.3. The lowest BCUT2D eigenvalue weighted by molar-refractivity contribution is -0.152. The molecule has 0 radical (unpaired) electrons. The summed E-state index contributed by atoms with van der Waals surface area (Å²) in [6, 6.07) is 0. The van der Waals surface area contributed by atoms with Crippen LogP contribution in [0.4, 0.5) is 0 Å². The van der Waals surface area contributed by atoms with E-state index in [4.69, 9.17) is 4.74 Å². The normalized spacial score (nSPS) is 25.7. The van der Waals surface area contributed by atoms with Gasteiger partial charge in [-0.05, 0) is 45.2 Å². The minimum atomic E-state index is -0.701. The van der Waals surface area contributed by atoms with Crippen LogP contribution in [0, 0.1) is 5.41 Å². The summed E-state index contributed by atoms with van der Waals surface area (Å²) >= 11 is 0. The molecule has 2 saturated heterocycles. The minimum absolute atomic E-state index is 0.00447. The predicted octanol–water partition coefficient (Wildman–Crippen LogP) is 0.858. The zero-order valence-corrected chi connectivity index (χ0v) is 12.8. The zero-order valence-electron chi connectivity index (χ0n) is 12.8. The number of nitrogens with zero attached hydrogens (tertiary/aromatic N) is 1. The standard InChI is InChI=1S/C15H26N2O4/c1-2-15(14(19)20)5-7-17(8-6-15)11-13(18)16-10-12-4-3-9-21-12/h12H,2-11H2,1H3,(H,16,18)(H,19,20). The molecule has 2 aliphatic heterocycles. The number of hydrogen-bond donors (Lipinski definition) is 2. The zero-order chi connectivity index (χ0) is 15.3. The largest absolute Gasteiger partial charge is 0.481 e. The van der Waals surface area contributed by atoms with Gasteiger partial charge in [-0.1, -0.05) is 6.92 Å². The van der Waals surface area contributed by atoms with Gasteiger partial charge in [0, 0.05) is 13.2 Å². The Labute approximate surface area is 125 Å². The van der Waals surface area contributed by atoms with Crippen molar-refractivity contribution in [3.05, 3.63) is 0 Å². The Balaban J connectivity index is 1.70. The highest BCUT2D eigenvalue weighted by molar-refractivity contribution is 5.78. The van der Waals surface area contributed by atoms with E-state index in [0.717, 1.165) is 19.4 Å². The molecule has 1 unspecified atom stereocenters. The molecule has 2 heterocycles. The van der Waals surface area contributed by atoms with Crippen LogP contribution in [-0.2, 0) is 14.3 Å². The summed E-state index contributed by atoms with van der Waals surface area (Å²) in [5.41, 5.74) is -0.593. The van der Waals surface area contributed by atoms with Crippen LogP contribution in [0.3, 0.4) is 0 Å². The Hall–Kier alpha value is -1.14. The van der Waals surface area contributed by atoms with Crippen molar-refractivity contribution in [2.45, 2.75) is 45.1 Å². The molecule has 1 amide bonds. The van der Waals surface area contributed by atoms with Crippen molar-refractivity contribution < 1.29 is 19.4 Å². The molecular formula is C15H26N2O4. The molecule has 21 heavy (non-hydrogen) atoms. The summed E-state index contributed by atoms with van der Waals surface area (Å²) in [5.74, 6) is -0.697. The highest BCUT2D eigenvalue weighted by Gasteiger charge is 2.39. The summed E-state index contributed by atoms with van der Waals surface area (Å²) in [6.45, 7) is 5.01. The number of amides is 1. The molecule has 0 saturated carbocycles. The molecule has 0 aliphatic carbocycles. The minimum Gasteiger partial charge on any atom is -0.481 e. The first-order valence-corrected chi connectivity index (χ1v) is 7.90. The molecule has 2 fully saturated rings. The highest BCUT2D eigenvalue weighted by atomic mass is 16.5. The van der Waals surface area contributed by atoms with Crippen molar-refractivity contribution in [3.8, 4) is 0 Å². The average molecular weight is 298 g/mol. The predicted molar refractivity (Wildman–Crippen MR) is 78.0 cm³/mol. The summed E-state index contributed by atoms with van der Waals surface area (Å²) in [6.07, 6.45) is 4.15. The van der Waals surface area contributed by atoms with Gasteiger partial charge < -0.3 is 15.2 Å². The molecule has 2 aliphatic rings. The third kappa shape index (κ3) is 4.17. The molecular weight excluding hydrogens is 272 g/mol. The second-order valence-corrected chi connectivity index (χ2v) is 6.15. The Morgan fingerprint density at radius 2 is 2.10 bits per heavy atom. The molecule has 0 aromatic heterocycles. The lowest BCUT2D eigenvalue weighted by Crippen LogP contribution is -2.47. The maximum Gasteiger partial charge on any atom is 0.309 e. The fraction of sp³-hybridized carbons (Fsp3) is 0.867. The number of likely N-dealkylation sites (tertiary alicyclic amines) is 1. The van der Waals surface area contributed by atoms with Crippen LogP contribution in [0.1, 0.15) is 39.0 Å². The first kappa shape index (κ1) is 16.2. The summed E-state index contributed by atoms with van der Waals surface area (Å²) in [7, 11) is 0. The first-order chi connectivity index (χ1) is 10.1. The van der Waals surface area contributed by atoms with Crippen molar-refractivity contribution in [2.24, 2.45) is 5.41 Å². The number of nitrogens with one attached hydrogen (secondary N) is 1. The number of carboxylic acid groups (broad SMARTS) is 1. The van der Waals surface area contributed by atoms with Crippen LogP contribution in [0.25, 0.3) is 0 Å². The molecule has 2 rings (SSSR count). The van der Waals surface area contributed by atoms with E-state index in [2.05, 4.69) is 5.32 Å². The molecule has 6 heteroatoms. The summed E-state index contributed by atoms with van der Waals surface area (Å²) in [5, 5.41) is 12.3. The van der Waals surface area contributed by atoms with Crippen molar-refractivity contribution in [2.75, 3.05) is 32.8 Å². The fourth-order valence-corrected chi connectivity index (χ4v) is 3.15. The second-order valence-electron chi connectivity index (χ2n) is 6.15. The van der Waals surface area contributed by atoms with Gasteiger partial charge in [0.2, 0.25) is 5.91 Å². The molecule has 0 bridgehead atoms. The SMILES string of the molecule is CCC1(C(=O)O)CCN(CC(=O)NCC2CCCO2)CC1. The van der Waals surface area contributed by atoms with Crippen LogP contribution in [0.15, 0.2) is 0 Å². The van der Waals surface area contributed by atoms with E-state index in [1.54, 1.807) is 0 Å². The number of piperidine rings is 1. The van der Waals surface area contributed by atoms with Crippen LogP contribution in [-0.4, -0.2) is 60.8 Å². The molecule has 1 atom stereocenters. The van der Waals surface area contributed by atoms with Crippen LogP contribution in [0.5, 0.6) is 0 Å². The van der Waals surface area contributed by atoms with Gasteiger partial charge in [0.1, 0.15) is 0 Å². The maximum absolute atomic E-state index is 11.9. The van der Waals surface area contributed by atoms with Crippen molar-refractivity contribution in [3.63, 3.8) is 0 Å². The molecule has 2 N–H and O–H groups in total. The number of carbonyl (C=O) groups is 2. The number of ether oxygens (including phenoxy) is 1. The Morgan fingerprint density at radius 3 is 2.62 bits per heavy atom. The van der Waals surface area contributed by atoms with Gasteiger partial charge in [-0.25, -0.2) is 0 Å². The number of carbonyl (C=O) groups excluding carboxylic acids is 1. The van der Waals surface area contributed by atoms with E-state index < -0.39 is 11.4 Å². The Morgan fingerprint density at radius 1 is 1.38 bits per heavy atom. The molecule has 120 valence electrons. The highest BCUT2D eigenvalue weighted by Crippen LogP contribution is 2.34. The smallest absolute Gasteiger partial charge is 0.309 e. The lowest BCUT2D eigenvalue weighted by atomic mass is 9.76. The molecule has 0 spiro atoms. The van der Waals surface area contributed by atoms with Gasteiger partial charge in [0.25, 0.3) is 0 Å². The third-order valence-corrected chi connectivity index (χ3v) is 4.86. The van der Waals surface area contributed by atoms with E-state index in [1.807, 2.05) is 11.8 Å². The molecule has 6 nitrogen and oxygen atoms in total. The Bertz CT molecular complexity index is 372. The van der Waals surface area contributed by atoms with E-state index in [0.29, 0.717) is 45.4 Å². The van der Waals surface area contributed by atoms with Crippen LogP contribution < -0.4 is 5.32 Å². The summed E-state index contributed by atoms with van der Waals surface area (Å²) < 4.78 is 5.47. The van der Waals surface area contributed by atoms with Crippen molar-refractivity contribution in [1.82, 2.24) is 10.2 Å². The number of carboxylic acids is 1. The Kier molecular flexibility index (Phi) is 5.58. The second kappa shape index (κ2) is 7.22. The quantitative estimate of drug-likeness (QED) is 0.760. The van der Waals surface area contributed by atoms with Gasteiger partial charge in [-0.2, -0.15) is 0 Å². The van der Waals surface area contributed by atoms with E-state index in [9.17, 15) is 14.7 Å². The topological polar surface area (TPSA) is 78.9 Å². The van der Waals surface area contributed by atoms with Gasteiger partial charge in [-0.15, -0.1) is 0 Å². The van der Waals surface area contributed by atoms with Crippen molar-refractivity contribution >= 4 is 11.9 Å². The van der Waals surface area contributed by atoms with E-state index >= 15 is 0 Å². The maximum atomic E-state index is 11.9. The number of hydrogen-bond acceptors (Lipinski definition) is 4. The third-order valence-electron chi connectivity index (χ3n) is 4.86. The van der Waals surface area contributed by atoms with Gasteiger partial charge >= 0.3 is 5.97 Å². The monoisotopic (exact) mass is 298 g/mol. The van der Waals surface area contributed by atoms with Gasteiger partial charge in [0.05, 0.1) is 18.1 Å². The molecule has 0 aromatic rings. The number of rotatable bonds is 6. The van der Waals surface area contributed by atoms with Crippen LogP contribution in [0.2, 0.25) is 0 Å². The number of aliphatic carboxylic acids is 1. The van der Waals surface area contributed by atoms with Crippen molar-refractivity contribution in [1.29, 1.82) is 0 Å². The fourth-order valence-electron chi connectivity index (χ4n) is 3.15. The van der Waals surface area contributed by atoms with Crippen LogP contribution >= 0.6 is 0 Å². The van der Waals surface area contributed by atoms with E-state index in [-0.39, 0.29) is 12.0 Å². The first-order valence-electron chi connectivity index (χ1n) is 7.90. The molecule has 0 aromatic carbocycles.